The number of halogens is 2. The highest BCUT2D eigenvalue weighted by Gasteiger charge is 2.19. The van der Waals surface area contributed by atoms with Gasteiger partial charge in [-0.2, -0.15) is 0 Å². The number of thiazole rings is 1. The van der Waals surface area contributed by atoms with Crippen molar-refractivity contribution in [2.75, 3.05) is 5.32 Å². The van der Waals surface area contributed by atoms with E-state index in [1.807, 2.05) is 0 Å². The van der Waals surface area contributed by atoms with Crippen LogP contribution in [0, 0.1) is 5.82 Å². The highest BCUT2D eigenvalue weighted by Crippen LogP contribution is 2.29. The van der Waals surface area contributed by atoms with Crippen LogP contribution in [0.3, 0.4) is 0 Å². The number of nitrogens with zero attached hydrogens (tertiary/aromatic N) is 3. The van der Waals surface area contributed by atoms with Crippen molar-refractivity contribution >= 4 is 34.0 Å². The summed E-state index contributed by atoms with van der Waals surface area (Å²) in [5, 5.41) is 8.97. The quantitative estimate of drug-likeness (QED) is 0.526. The van der Waals surface area contributed by atoms with E-state index in [4.69, 9.17) is 16.1 Å². The van der Waals surface area contributed by atoms with Gasteiger partial charge < -0.3 is 4.52 Å². The fraction of sp³-hybridized carbons (Fsp3) is 0. The Kier molecular flexibility index (Phi) is 4.66. The van der Waals surface area contributed by atoms with Gasteiger partial charge in [0.05, 0.1) is 11.2 Å². The lowest BCUT2D eigenvalue weighted by molar-refractivity contribution is 0.102. The van der Waals surface area contributed by atoms with E-state index in [1.54, 1.807) is 23.7 Å². The van der Waals surface area contributed by atoms with Gasteiger partial charge in [0.1, 0.15) is 22.8 Å². The third-order valence-electron chi connectivity index (χ3n) is 3.65. The number of hydrogen-bond donors (Lipinski definition) is 1. The Morgan fingerprint density at radius 3 is 2.81 bits per heavy atom. The Balaban J connectivity index is 1.57. The standard InChI is InChI=1S/C18H10ClFN4O2S/c19-13-2-1-7-21-15(13)14-9-27-18(23-14)24-17(25)12-8-22-26-16(12)10-3-5-11(20)6-4-10/h1-9H,(H,23,24,25). The van der Waals surface area contributed by atoms with Gasteiger partial charge in [-0.3, -0.25) is 15.1 Å². The summed E-state index contributed by atoms with van der Waals surface area (Å²) < 4.78 is 18.3. The van der Waals surface area contributed by atoms with E-state index in [0.717, 1.165) is 0 Å². The van der Waals surface area contributed by atoms with Crippen molar-refractivity contribution in [3.8, 4) is 22.7 Å². The first kappa shape index (κ1) is 17.3. The number of hydrogen-bond acceptors (Lipinski definition) is 6. The summed E-state index contributed by atoms with van der Waals surface area (Å²) in [6.45, 7) is 0. The molecule has 9 heteroatoms. The highest BCUT2D eigenvalue weighted by atomic mass is 35.5. The molecular weight excluding hydrogens is 391 g/mol. The Hall–Kier alpha value is -3.10. The van der Waals surface area contributed by atoms with Gasteiger partial charge in [-0.05, 0) is 36.4 Å². The van der Waals surface area contributed by atoms with Crippen LogP contribution >= 0.6 is 22.9 Å². The highest BCUT2D eigenvalue weighted by molar-refractivity contribution is 7.14. The molecule has 0 aliphatic heterocycles. The SMILES string of the molecule is O=C(Nc1nc(-c2ncccc2Cl)cs1)c1cnoc1-c1ccc(F)cc1. The average Bonchev–Trinajstić information content (AvgIpc) is 3.32. The maximum Gasteiger partial charge on any atom is 0.263 e. The zero-order chi connectivity index (χ0) is 18.8. The second kappa shape index (κ2) is 7.26. The van der Waals surface area contributed by atoms with Crippen LogP contribution in [0.4, 0.5) is 9.52 Å². The third-order valence-corrected chi connectivity index (χ3v) is 4.71. The lowest BCUT2D eigenvalue weighted by Gasteiger charge is -2.02. The molecule has 0 radical (unpaired) electrons. The third kappa shape index (κ3) is 3.57. The number of anilines is 1. The van der Waals surface area contributed by atoms with Gasteiger partial charge >= 0.3 is 0 Å². The monoisotopic (exact) mass is 400 g/mol. The largest absolute Gasteiger partial charge is 0.355 e. The number of nitrogens with one attached hydrogen (secondary N) is 1. The number of aromatic nitrogens is 3. The van der Waals surface area contributed by atoms with Gasteiger partial charge in [0, 0.05) is 17.1 Å². The van der Waals surface area contributed by atoms with Gasteiger partial charge in [0.2, 0.25) is 0 Å². The molecule has 4 aromatic rings. The van der Waals surface area contributed by atoms with Crippen molar-refractivity contribution in [2.45, 2.75) is 0 Å². The molecule has 0 saturated heterocycles. The number of rotatable bonds is 4. The number of amides is 1. The van der Waals surface area contributed by atoms with Crippen molar-refractivity contribution in [2.24, 2.45) is 0 Å². The lowest BCUT2D eigenvalue weighted by atomic mass is 10.1. The van der Waals surface area contributed by atoms with E-state index in [1.165, 1.54) is 41.8 Å². The predicted octanol–water partition coefficient (Wildman–Crippen LogP) is 4.90. The second-order valence-corrected chi connectivity index (χ2v) is 6.67. The molecule has 0 spiro atoms. The molecule has 6 nitrogen and oxygen atoms in total. The molecule has 0 fully saturated rings. The van der Waals surface area contributed by atoms with Gasteiger partial charge in [-0.25, -0.2) is 9.37 Å². The average molecular weight is 401 g/mol. The molecular formula is C18H10ClFN4O2S. The van der Waals surface area contributed by atoms with E-state index < -0.39 is 5.91 Å². The number of benzene rings is 1. The molecule has 0 saturated carbocycles. The first-order valence-electron chi connectivity index (χ1n) is 7.70. The minimum Gasteiger partial charge on any atom is -0.355 e. The number of pyridine rings is 1. The van der Waals surface area contributed by atoms with E-state index >= 15 is 0 Å². The van der Waals surface area contributed by atoms with Gasteiger partial charge in [0.15, 0.2) is 10.9 Å². The molecule has 0 unspecified atom stereocenters. The van der Waals surface area contributed by atoms with Crippen molar-refractivity contribution < 1.29 is 13.7 Å². The minimum atomic E-state index is -0.441. The van der Waals surface area contributed by atoms with Crippen molar-refractivity contribution in [1.29, 1.82) is 0 Å². The van der Waals surface area contributed by atoms with E-state index in [0.29, 0.717) is 27.1 Å². The molecule has 0 bridgehead atoms. The molecule has 0 aliphatic rings. The summed E-state index contributed by atoms with van der Waals surface area (Å²) in [4.78, 5) is 21.1. The molecule has 134 valence electrons. The molecule has 0 atom stereocenters. The zero-order valence-electron chi connectivity index (χ0n) is 13.5. The van der Waals surface area contributed by atoms with Crippen LogP contribution in [0.2, 0.25) is 5.02 Å². The number of carbonyl (C=O) groups is 1. The summed E-state index contributed by atoms with van der Waals surface area (Å²) in [5.41, 5.74) is 1.85. The lowest BCUT2D eigenvalue weighted by Crippen LogP contribution is -2.11. The fourth-order valence-corrected chi connectivity index (χ4v) is 3.30. The van der Waals surface area contributed by atoms with Crippen molar-refractivity contribution in [1.82, 2.24) is 15.1 Å². The van der Waals surface area contributed by atoms with Crippen LogP contribution in [0.25, 0.3) is 22.7 Å². The van der Waals surface area contributed by atoms with Crippen LogP contribution in [-0.4, -0.2) is 21.0 Å². The van der Waals surface area contributed by atoms with Crippen LogP contribution in [0.1, 0.15) is 10.4 Å². The molecule has 1 amide bonds. The van der Waals surface area contributed by atoms with Crippen molar-refractivity contribution in [3.05, 3.63) is 70.6 Å². The second-order valence-electron chi connectivity index (χ2n) is 5.40. The molecule has 0 aliphatic carbocycles. The maximum atomic E-state index is 13.1. The minimum absolute atomic E-state index is 0.217. The normalized spacial score (nSPS) is 10.7. The van der Waals surface area contributed by atoms with Gasteiger partial charge in [-0.1, -0.05) is 16.8 Å². The van der Waals surface area contributed by atoms with E-state index in [-0.39, 0.29) is 17.1 Å². The van der Waals surface area contributed by atoms with Crippen LogP contribution in [-0.2, 0) is 0 Å². The summed E-state index contributed by atoms with van der Waals surface area (Å²) in [7, 11) is 0. The fourth-order valence-electron chi connectivity index (χ4n) is 2.39. The molecule has 27 heavy (non-hydrogen) atoms. The van der Waals surface area contributed by atoms with Gasteiger partial charge in [-0.15, -0.1) is 11.3 Å². The molecule has 4 rings (SSSR count). The predicted molar refractivity (Wildman–Crippen MR) is 100 cm³/mol. The van der Waals surface area contributed by atoms with Crippen LogP contribution in [0.5, 0.6) is 0 Å². The summed E-state index contributed by atoms with van der Waals surface area (Å²) >= 11 is 7.36. The number of carbonyl (C=O) groups excluding carboxylic acids is 1. The summed E-state index contributed by atoms with van der Waals surface area (Å²) in [5.74, 6) is -0.576. The van der Waals surface area contributed by atoms with Crippen LogP contribution in [0.15, 0.2) is 58.7 Å². The van der Waals surface area contributed by atoms with E-state index in [9.17, 15) is 9.18 Å². The molecule has 1 N–H and O–H groups in total. The van der Waals surface area contributed by atoms with Crippen LogP contribution < -0.4 is 5.32 Å². The summed E-state index contributed by atoms with van der Waals surface area (Å²) in [6.07, 6.45) is 2.92. The maximum absolute atomic E-state index is 13.1. The Morgan fingerprint density at radius 1 is 1.22 bits per heavy atom. The Labute approximate surface area is 161 Å². The molecule has 3 heterocycles. The topological polar surface area (TPSA) is 80.9 Å². The zero-order valence-corrected chi connectivity index (χ0v) is 15.1. The van der Waals surface area contributed by atoms with Crippen molar-refractivity contribution in [3.63, 3.8) is 0 Å². The van der Waals surface area contributed by atoms with Gasteiger partial charge in [0.25, 0.3) is 5.91 Å². The molecule has 3 aromatic heterocycles. The Bertz CT molecular complexity index is 1110. The smallest absolute Gasteiger partial charge is 0.263 e. The van der Waals surface area contributed by atoms with E-state index in [2.05, 4.69) is 20.4 Å². The Morgan fingerprint density at radius 2 is 2.04 bits per heavy atom. The first-order chi connectivity index (χ1) is 13.1. The summed E-state index contributed by atoms with van der Waals surface area (Å²) in [6, 6.07) is 9.03. The first-order valence-corrected chi connectivity index (χ1v) is 8.96. The molecule has 1 aromatic carbocycles.